The van der Waals surface area contributed by atoms with E-state index in [1.807, 2.05) is 0 Å². The Labute approximate surface area is 152 Å². The fourth-order valence-electron chi connectivity index (χ4n) is 1.78. The third-order valence-electron chi connectivity index (χ3n) is 2.84. The number of nitrogens with two attached hydrogens (primary N) is 1. The summed E-state index contributed by atoms with van der Waals surface area (Å²) in [5.41, 5.74) is 5.69. The number of para-hydroxylation sites is 1. The SMILES string of the molecule is NC(=O)CSc1ccccc1NC(=O)COC(=O)c1cccnc1Cl. The van der Waals surface area contributed by atoms with Crippen LogP contribution in [0.5, 0.6) is 0 Å². The number of nitrogens with one attached hydrogen (secondary N) is 1. The number of thioether (sulfide) groups is 1. The Hall–Kier alpha value is -2.58. The number of aromatic nitrogens is 1. The highest BCUT2D eigenvalue weighted by Crippen LogP contribution is 2.26. The summed E-state index contributed by atoms with van der Waals surface area (Å²) < 4.78 is 4.92. The zero-order valence-corrected chi connectivity index (χ0v) is 14.5. The van der Waals surface area contributed by atoms with Crippen molar-refractivity contribution in [3.8, 4) is 0 Å². The van der Waals surface area contributed by atoms with Gasteiger partial charge in [-0.15, -0.1) is 11.8 Å². The van der Waals surface area contributed by atoms with Crippen molar-refractivity contribution in [3.63, 3.8) is 0 Å². The van der Waals surface area contributed by atoms with Crippen LogP contribution in [-0.2, 0) is 14.3 Å². The minimum Gasteiger partial charge on any atom is -0.452 e. The maximum atomic E-state index is 12.0. The molecule has 0 aliphatic heterocycles. The van der Waals surface area contributed by atoms with Crippen LogP contribution in [0.3, 0.4) is 0 Å². The Morgan fingerprint density at radius 3 is 2.68 bits per heavy atom. The molecule has 25 heavy (non-hydrogen) atoms. The Bertz CT molecular complexity index is 800. The van der Waals surface area contributed by atoms with Crippen molar-refractivity contribution in [1.82, 2.24) is 4.98 Å². The molecule has 7 nitrogen and oxygen atoms in total. The van der Waals surface area contributed by atoms with Crippen molar-refractivity contribution in [2.75, 3.05) is 17.7 Å². The van der Waals surface area contributed by atoms with E-state index in [1.165, 1.54) is 30.1 Å². The van der Waals surface area contributed by atoms with Gasteiger partial charge in [0, 0.05) is 11.1 Å². The van der Waals surface area contributed by atoms with E-state index in [1.54, 1.807) is 24.3 Å². The van der Waals surface area contributed by atoms with Gasteiger partial charge in [-0.25, -0.2) is 9.78 Å². The molecule has 1 aromatic heterocycles. The fraction of sp³-hybridized carbons (Fsp3) is 0.125. The Morgan fingerprint density at radius 1 is 1.20 bits per heavy atom. The second-order valence-electron chi connectivity index (χ2n) is 4.72. The van der Waals surface area contributed by atoms with Gasteiger partial charge >= 0.3 is 5.97 Å². The highest BCUT2D eigenvalue weighted by molar-refractivity contribution is 8.00. The summed E-state index contributed by atoms with van der Waals surface area (Å²) in [4.78, 5) is 39.2. The Balaban J connectivity index is 1.93. The molecule has 0 unspecified atom stereocenters. The van der Waals surface area contributed by atoms with Crippen LogP contribution in [0.4, 0.5) is 5.69 Å². The average molecular weight is 380 g/mol. The lowest BCUT2D eigenvalue weighted by atomic mass is 10.3. The molecule has 1 aromatic carbocycles. The number of benzene rings is 1. The fourth-order valence-corrected chi connectivity index (χ4v) is 2.72. The minimum atomic E-state index is -0.746. The van der Waals surface area contributed by atoms with E-state index in [-0.39, 0.29) is 16.5 Å². The number of carbonyl (C=O) groups is 3. The number of carbonyl (C=O) groups excluding carboxylic acids is 3. The first-order chi connectivity index (χ1) is 12.0. The lowest BCUT2D eigenvalue weighted by Crippen LogP contribution is -2.21. The molecule has 2 amide bonds. The molecule has 0 atom stereocenters. The number of hydrogen-bond donors (Lipinski definition) is 2. The second-order valence-corrected chi connectivity index (χ2v) is 6.09. The molecule has 9 heteroatoms. The van der Waals surface area contributed by atoms with Crippen molar-refractivity contribution in [3.05, 3.63) is 53.3 Å². The van der Waals surface area contributed by atoms with Crippen LogP contribution >= 0.6 is 23.4 Å². The van der Waals surface area contributed by atoms with Gasteiger partial charge in [-0.3, -0.25) is 9.59 Å². The summed E-state index contributed by atoms with van der Waals surface area (Å²) in [5.74, 6) is -1.65. The summed E-state index contributed by atoms with van der Waals surface area (Å²) >= 11 is 6.99. The van der Waals surface area contributed by atoms with Gasteiger partial charge in [-0.1, -0.05) is 23.7 Å². The first kappa shape index (κ1) is 18.8. The van der Waals surface area contributed by atoms with E-state index in [2.05, 4.69) is 10.3 Å². The van der Waals surface area contributed by atoms with E-state index in [4.69, 9.17) is 22.1 Å². The number of nitrogens with zero attached hydrogens (tertiary/aromatic N) is 1. The molecule has 0 saturated carbocycles. The van der Waals surface area contributed by atoms with Crippen LogP contribution in [0.15, 0.2) is 47.5 Å². The van der Waals surface area contributed by atoms with Crippen molar-refractivity contribution in [2.24, 2.45) is 5.73 Å². The van der Waals surface area contributed by atoms with Gasteiger partial charge < -0.3 is 15.8 Å². The molecule has 2 aromatic rings. The van der Waals surface area contributed by atoms with Gasteiger partial charge in [0.1, 0.15) is 5.15 Å². The minimum absolute atomic E-state index is 0.00102. The van der Waals surface area contributed by atoms with E-state index in [0.717, 1.165) is 0 Å². The third kappa shape index (κ3) is 5.77. The molecule has 0 saturated heterocycles. The summed E-state index contributed by atoms with van der Waals surface area (Å²) in [6.07, 6.45) is 1.44. The summed E-state index contributed by atoms with van der Waals surface area (Å²) in [7, 11) is 0. The van der Waals surface area contributed by atoms with Crippen LogP contribution in [0.2, 0.25) is 5.15 Å². The number of anilines is 1. The first-order valence-corrected chi connectivity index (χ1v) is 8.41. The Morgan fingerprint density at radius 2 is 1.96 bits per heavy atom. The number of ether oxygens (including phenoxy) is 1. The number of rotatable bonds is 7. The number of amides is 2. The molecule has 2 rings (SSSR count). The van der Waals surface area contributed by atoms with E-state index in [0.29, 0.717) is 10.6 Å². The maximum Gasteiger partial charge on any atom is 0.341 e. The highest BCUT2D eigenvalue weighted by Gasteiger charge is 2.15. The van der Waals surface area contributed by atoms with Gasteiger partial charge in [-0.05, 0) is 24.3 Å². The average Bonchev–Trinajstić information content (AvgIpc) is 2.59. The van der Waals surface area contributed by atoms with Crippen LogP contribution in [-0.4, -0.2) is 35.1 Å². The molecule has 0 radical (unpaired) electrons. The summed E-state index contributed by atoms with van der Waals surface area (Å²) in [5, 5.41) is 2.62. The predicted octanol–water partition coefficient (Wildman–Crippen LogP) is 2.11. The predicted molar refractivity (Wildman–Crippen MR) is 94.5 cm³/mol. The number of esters is 1. The second kappa shape index (κ2) is 9.05. The monoisotopic (exact) mass is 379 g/mol. The zero-order valence-electron chi connectivity index (χ0n) is 12.9. The van der Waals surface area contributed by atoms with Gasteiger partial charge in [0.25, 0.3) is 5.91 Å². The number of halogens is 1. The molecular formula is C16H14ClN3O4S. The molecule has 1 heterocycles. The molecule has 0 spiro atoms. The van der Waals surface area contributed by atoms with Crippen LogP contribution in [0.1, 0.15) is 10.4 Å². The maximum absolute atomic E-state index is 12.0. The topological polar surface area (TPSA) is 111 Å². The Kier molecular flexibility index (Phi) is 6.79. The number of hydrogen-bond acceptors (Lipinski definition) is 6. The van der Waals surface area contributed by atoms with Crippen LogP contribution in [0.25, 0.3) is 0 Å². The van der Waals surface area contributed by atoms with E-state index in [9.17, 15) is 14.4 Å². The molecule has 0 aliphatic carbocycles. The molecule has 3 N–H and O–H groups in total. The van der Waals surface area contributed by atoms with E-state index >= 15 is 0 Å². The van der Waals surface area contributed by atoms with Gasteiger partial charge in [0.15, 0.2) is 6.61 Å². The lowest BCUT2D eigenvalue weighted by molar-refractivity contribution is -0.119. The summed E-state index contributed by atoms with van der Waals surface area (Å²) in [6, 6.07) is 9.89. The largest absolute Gasteiger partial charge is 0.452 e. The van der Waals surface area contributed by atoms with Gasteiger partial charge in [0.05, 0.1) is 17.0 Å². The van der Waals surface area contributed by atoms with Crippen molar-refractivity contribution in [2.45, 2.75) is 4.90 Å². The third-order valence-corrected chi connectivity index (χ3v) is 4.24. The lowest BCUT2D eigenvalue weighted by Gasteiger charge is -2.10. The van der Waals surface area contributed by atoms with Crippen molar-refractivity contribution in [1.29, 1.82) is 0 Å². The molecule has 0 aliphatic rings. The molecule has 130 valence electrons. The van der Waals surface area contributed by atoms with Crippen LogP contribution < -0.4 is 11.1 Å². The van der Waals surface area contributed by atoms with Gasteiger partial charge in [0.2, 0.25) is 5.91 Å². The first-order valence-electron chi connectivity index (χ1n) is 7.05. The van der Waals surface area contributed by atoms with Crippen molar-refractivity contribution >= 4 is 46.8 Å². The van der Waals surface area contributed by atoms with Gasteiger partial charge in [-0.2, -0.15) is 0 Å². The smallest absolute Gasteiger partial charge is 0.341 e. The molecular weight excluding hydrogens is 366 g/mol. The van der Waals surface area contributed by atoms with E-state index < -0.39 is 24.4 Å². The number of primary amides is 1. The molecule has 0 bridgehead atoms. The normalized spacial score (nSPS) is 10.1. The standard InChI is InChI=1S/C16H14ClN3O4S/c17-15-10(4-3-7-19-15)16(23)24-8-14(22)20-11-5-1-2-6-12(11)25-9-13(18)21/h1-7H,8-9H2,(H2,18,21)(H,20,22). The van der Waals surface area contributed by atoms with Crippen molar-refractivity contribution < 1.29 is 19.1 Å². The highest BCUT2D eigenvalue weighted by atomic mass is 35.5. The zero-order chi connectivity index (χ0) is 18.2. The number of pyridine rings is 1. The van der Waals surface area contributed by atoms with Crippen LogP contribution in [0, 0.1) is 0 Å². The quantitative estimate of drug-likeness (QED) is 0.433. The molecule has 0 fully saturated rings. The summed E-state index contributed by atoms with van der Waals surface area (Å²) in [6.45, 7) is -0.487.